The van der Waals surface area contributed by atoms with Gasteiger partial charge in [0.1, 0.15) is 22.5 Å². The summed E-state index contributed by atoms with van der Waals surface area (Å²) in [5.41, 5.74) is 6.17. The number of carbonyl (C=O) groups is 2. The van der Waals surface area contributed by atoms with Crippen LogP contribution in [0.15, 0.2) is 58.0 Å². The zero-order valence-electron chi connectivity index (χ0n) is 23.7. The summed E-state index contributed by atoms with van der Waals surface area (Å²) in [6.07, 6.45) is 8.11. The summed E-state index contributed by atoms with van der Waals surface area (Å²) in [5.74, 6) is 0.623. The van der Waals surface area contributed by atoms with E-state index in [-0.39, 0.29) is 17.9 Å². The van der Waals surface area contributed by atoms with E-state index in [0.717, 1.165) is 47.9 Å². The monoisotopic (exact) mass is 545 g/mol. The van der Waals surface area contributed by atoms with Gasteiger partial charge in [-0.3, -0.25) is 4.79 Å². The highest BCUT2D eigenvalue weighted by atomic mass is 16.6. The van der Waals surface area contributed by atoms with E-state index in [1.54, 1.807) is 20.8 Å². The van der Waals surface area contributed by atoms with Crippen molar-refractivity contribution in [1.29, 1.82) is 0 Å². The molecule has 2 N–H and O–H groups in total. The van der Waals surface area contributed by atoms with Crippen molar-refractivity contribution in [3.8, 4) is 16.9 Å². The lowest BCUT2D eigenvalue weighted by Crippen LogP contribution is -2.41. The number of alkyl carbamates (subject to hydrolysis) is 1. The van der Waals surface area contributed by atoms with Gasteiger partial charge in [-0.25, -0.2) is 10.2 Å². The number of hydrogen-bond acceptors (Lipinski definition) is 6. The Hall–Kier alpha value is -3.81. The van der Waals surface area contributed by atoms with Crippen LogP contribution >= 0.6 is 0 Å². The lowest BCUT2D eigenvalue weighted by Gasteiger charge is -2.41. The van der Waals surface area contributed by atoms with Gasteiger partial charge >= 0.3 is 6.09 Å². The van der Waals surface area contributed by atoms with E-state index < -0.39 is 11.7 Å². The SMILES string of the molecule is CC(C)(C)OC(=O)NCCCC(=O)N/N=c1\cc(-c2ccccc2)c2cc3c(cc2o1)OC1(CCCCC1)CC3. The van der Waals surface area contributed by atoms with Gasteiger partial charge in [0.2, 0.25) is 11.5 Å². The maximum atomic E-state index is 12.5. The predicted molar refractivity (Wildman–Crippen MR) is 154 cm³/mol. The second kappa shape index (κ2) is 11.7. The number of benzene rings is 2. The molecule has 8 heteroatoms. The largest absolute Gasteiger partial charge is 0.487 e. The van der Waals surface area contributed by atoms with Gasteiger partial charge in [0, 0.05) is 30.5 Å². The van der Waals surface area contributed by atoms with Crippen molar-refractivity contribution in [3.63, 3.8) is 0 Å². The molecule has 1 aliphatic heterocycles. The summed E-state index contributed by atoms with van der Waals surface area (Å²) in [6.45, 7) is 5.74. The van der Waals surface area contributed by atoms with Crippen molar-refractivity contribution in [2.75, 3.05) is 6.54 Å². The van der Waals surface area contributed by atoms with Crippen LogP contribution in [0.4, 0.5) is 4.79 Å². The van der Waals surface area contributed by atoms with Gasteiger partial charge in [-0.05, 0) is 88.5 Å². The number of aryl methyl sites for hydroxylation is 1. The Morgan fingerprint density at radius 2 is 1.80 bits per heavy atom. The maximum Gasteiger partial charge on any atom is 0.407 e. The molecule has 0 radical (unpaired) electrons. The van der Waals surface area contributed by atoms with Crippen molar-refractivity contribution in [1.82, 2.24) is 10.7 Å². The highest BCUT2D eigenvalue weighted by Crippen LogP contribution is 2.43. The second-order valence-corrected chi connectivity index (χ2v) is 11.8. The van der Waals surface area contributed by atoms with Gasteiger partial charge in [-0.2, -0.15) is 0 Å². The average molecular weight is 546 g/mol. The molecule has 1 saturated carbocycles. The highest BCUT2D eigenvalue weighted by Gasteiger charge is 2.37. The van der Waals surface area contributed by atoms with Crippen LogP contribution in [0.3, 0.4) is 0 Å². The van der Waals surface area contributed by atoms with Crippen LogP contribution in [-0.2, 0) is 16.0 Å². The first-order valence-electron chi connectivity index (χ1n) is 14.3. The van der Waals surface area contributed by atoms with Crippen molar-refractivity contribution in [3.05, 3.63) is 59.6 Å². The minimum absolute atomic E-state index is 0.0600. The van der Waals surface area contributed by atoms with Gasteiger partial charge < -0.3 is 19.2 Å². The fraction of sp³-hybridized carbons (Fsp3) is 0.469. The van der Waals surface area contributed by atoms with E-state index in [9.17, 15) is 9.59 Å². The van der Waals surface area contributed by atoms with E-state index >= 15 is 0 Å². The molecule has 0 unspecified atom stereocenters. The fourth-order valence-electron chi connectivity index (χ4n) is 5.57. The molecule has 1 aromatic heterocycles. The first-order valence-corrected chi connectivity index (χ1v) is 14.3. The van der Waals surface area contributed by atoms with Crippen LogP contribution < -0.4 is 21.0 Å². The van der Waals surface area contributed by atoms with Crippen LogP contribution in [0.1, 0.15) is 77.7 Å². The summed E-state index contributed by atoms with van der Waals surface area (Å²) < 4.78 is 18.0. The van der Waals surface area contributed by atoms with Crippen LogP contribution in [0.25, 0.3) is 22.1 Å². The summed E-state index contributed by atoms with van der Waals surface area (Å²) >= 11 is 0. The number of ether oxygens (including phenoxy) is 2. The van der Waals surface area contributed by atoms with E-state index in [1.165, 1.54) is 24.8 Å². The molecule has 8 nitrogen and oxygen atoms in total. The molecule has 1 spiro atoms. The first kappa shape index (κ1) is 27.7. The minimum Gasteiger partial charge on any atom is -0.487 e. The molecule has 40 heavy (non-hydrogen) atoms. The quantitative estimate of drug-likeness (QED) is 0.277. The molecule has 5 rings (SSSR count). The molecule has 2 amide bonds. The third kappa shape index (κ3) is 6.84. The van der Waals surface area contributed by atoms with Crippen molar-refractivity contribution >= 4 is 23.0 Å². The average Bonchev–Trinajstić information content (AvgIpc) is 2.93. The van der Waals surface area contributed by atoms with Gasteiger partial charge in [-0.1, -0.05) is 36.8 Å². The number of nitrogens with one attached hydrogen (secondary N) is 2. The van der Waals surface area contributed by atoms with Crippen molar-refractivity contribution in [2.24, 2.45) is 5.10 Å². The van der Waals surface area contributed by atoms with E-state index in [0.29, 0.717) is 24.1 Å². The van der Waals surface area contributed by atoms with Crippen molar-refractivity contribution in [2.45, 2.75) is 89.8 Å². The Balaban J connectivity index is 1.35. The number of nitrogens with zero attached hydrogens (tertiary/aromatic N) is 1. The summed E-state index contributed by atoms with van der Waals surface area (Å²) in [5, 5.41) is 7.93. The maximum absolute atomic E-state index is 12.5. The zero-order valence-corrected chi connectivity index (χ0v) is 23.7. The predicted octanol–water partition coefficient (Wildman–Crippen LogP) is 6.36. The molecular formula is C32H39N3O5. The van der Waals surface area contributed by atoms with E-state index in [1.807, 2.05) is 30.3 Å². The Morgan fingerprint density at radius 1 is 1.02 bits per heavy atom. The number of carbonyl (C=O) groups excluding carboxylic acids is 2. The lowest BCUT2D eigenvalue weighted by atomic mass is 9.79. The van der Waals surface area contributed by atoms with Crippen LogP contribution in [-0.4, -0.2) is 29.7 Å². The molecule has 1 fully saturated rings. The molecule has 212 valence electrons. The molecule has 0 atom stereocenters. The Morgan fingerprint density at radius 3 is 2.55 bits per heavy atom. The zero-order chi connectivity index (χ0) is 28.2. The number of amides is 2. The molecule has 3 aromatic rings. The summed E-state index contributed by atoms with van der Waals surface area (Å²) in [6, 6.07) is 16.2. The minimum atomic E-state index is -0.564. The summed E-state index contributed by atoms with van der Waals surface area (Å²) in [7, 11) is 0. The topological polar surface area (TPSA) is 102 Å². The van der Waals surface area contributed by atoms with Crippen LogP contribution in [0.2, 0.25) is 0 Å². The smallest absolute Gasteiger partial charge is 0.407 e. The third-order valence-corrected chi connectivity index (χ3v) is 7.50. The molecule has 2 aliphatic rings. The molecule has 1 aliphatic carbocycles. The fourth-order valence-corrected chi connectivity index (χ4v) is 5.57. The molecule has 0 saturated heterocycles. The number of hydrogen-bond donors (Lipinski definition) is 2. The normalized spacial score (nSPS) is 16.7. The van der Waals surface area contributed by atoms with Gasteiger partial charge in [-0.15, -0.1) is 5.10 Å². The third-order valence-electron chi connectivity index (χ3n) is 7.50. The first-order chi connectivity index (χ1) is 19.2. The Bertz CT molecular complexity index is 1430. The van der Waals surface area contributed by atoms with Gasteiger partial charge in [0.05, 0.1) is 0 Å². The Labute approximate surface area is 235 Å². The van der Waals surface area contributed by atoms with E-state index in [4.69, 9.17) is 13.9 Å². The number of fused-ring (bicyclic) bond motifs is 2. The summed E-state index contributed by atoms with van der Waals surface area (Å²) in [4.78, 5) is 24.2. The number of rotatable bonds is 6. The standard InChI is InChI=1S/C32H39N3O5/c1-31(2,3)40-30(37)33-18-10-13-28(36)34-35-29-20-24(22-11-6-4-7-12-22)25-19-23-14-17-32(15-8-5-9-16-32)39-26(23)21-27(25)38-29/h4,6-7,11-12,19-21H,5,8-10,13-18H2,1-3H3,(H,33,37)(H,34,36)/b35-29+. The van der Waals surface area contributed by atoms with Gasteiger partial charge in [0.15, 0.2) is 0 Å². The van der Waals surface area contributed by atoms with Crippen LogP contribution in [0.5, 0.6) is 5.75 Å². The molecule has 0 bridgehead atoms. The molecule has 2 aromatic carbocycles. The van der Waals surface area contributed by atoms with E-state index in [2.05, 4.69) is 34.0 Å². The molecule has 2 heterocycles. The lowest BCUT2D eigenvalue weighted by molar-refractivity contribution is -0.121. The Kier molecular flexibility index (Phi) is 8.14. The van der Waals surface area contributed by atoms with Crippen LogP contribution in [0, 0.1) is 0 Å². The second-order valence-electron chi connectivity index (χ2n) is 11.8. The van der Waals surface area contributed by atoms with Crippen molar-refractivity contribution < 1.29 is 23.5 Å². The van der Waals surface area contributed by atoms with Gasteiger partial charge in [0.25, 0.3) is 0 Å². The molecular weight excluding hydrogens is 506 g/mol. The highest BCUT2D eigenvalue weighted by molar-refractivity contribution is 5.94.